The molecular weight excluding hydrogens is 1120 g/mol. The van der Waals surface area contributed by atoms with Crippen LogP contribution in [-0.4, -0.2) is 28.2 Å². The molecule has 0 saturated heterocycles. The average molecular weight is 1190 g/mol. The molecule has 6 heterocycles. The Bertz CT molecular complexity index is 5670. The summed E-state index contributed by atoms with van der Waals surface area (Å²) in [5.74, 6) is 0. The first-order chi connectivity index (χ1) is 44.7. The van der Waals surface area contributed by atoms with E-state index in [-0.39, 0.29) is 0 Å². The van der Waals surface area contributed by atoms with Gasteiger partial charge in [0.1, 0.15) is 0 Å². The lowest BCUT2D eigenvalue weighted by molar-refractivity contribution is 1.04. The van der Waals surface area contributed by atoms with Gasteiger partial charge < -0.3 is 18.3 Å². The number of aromatic nitrogens is 6. The average Bonchev–Trinajstić information content (AvgIpc) is 1.39. The van der Waals surface area contributed by atoms with Crippen molar-refractivity contribution >= 4 is 87.2 Å². The second-order valence-corrected chi connectivity index (χ2v) is 26.1. The number of aryl methyl sites for hydroxylation is 10. The van der Waals surface area contributed by atoms with Gasteiger partial charge in [-0.2, -0.15) is 0 Å². The summed E-state index contributed by atoms with van der Waals surface area (Å²) in [5.41, 5.74) is 32.5. The van der Waals surface area contributed by atoms with E-state index in [1.165, 1.54) is 87.6 Å². The molecule has 0 unspecified atom stereocenters. The standard InChI is InChI=1S/C86H68N6/c1-49-21-29-73-63(37-49)64-38-50(2)22-30-74(64)89(73)83-81(61-45-57(9)87-58(10)46-61)84(90-75-31-23-51(3)39-65(75)66-40-52(4)24-32-76(66)90)86(92-79-35-27-55(7)43-69(79)70-44-56(8)28-36-80(70)92)85(91-77-33-25-53(5)41-67(77)68-42-54(6)26-34-78(68)91)82(83)62-47-71(59-17-13-11-14-18-59)88-72(48-62)60-19-15-12-16-20-60/h11-48H,1-10H3. The first-order valence-electron chi connectivity index (χ1n) is 32.1. The number of fused-ring (bicyclic) bond motifs is 12. The molecule has 0 aliphatic heterocycles. The lowest BCUT2D eigenvalue weighted by Crippen LogP contribution is -2.16. The molecule has 17 aromatic rings. The van der Waals surface area contributed by atoms with Crippen molar-refractivity contribution in [2.45, 2.75) is 69.2 Å². The Morgan fingerprint density at radius 1 is 0.207 bits per heavy atom. The molecule has 0 bridgehead atoms. The van der Waals surface area contributed by atoms with E-state index in [2.05, 4.69) is 318 Å². The predicted molar refractivity (Wildman–Crippen MR) is 389 cm³/mol. The highest BCUT2D eigenvalue weighted by molar-refractivity contribution is 6.19. The van der Waals surface area contributed by atoms with Crippen LogP contribution in [-0.2, 0) is 0 Å². The molecule has 0 aliphatic rings. The summed E-state index contributed by atoms with van der Waals surface area (Å²) in [6.07, 6.45) is 0. The number of pyridine rings is 2. The maximum atomic E-state index is 5.71. The van der Waals surface area contributed by atoms with Crippen molar-refractivity contribution in [3.63, 3.8) is 0 Å². The number of hydrogen-bond acceptors (Lipinski definition) is 2. The summed E-state index contributed by atoms with van der Waals surface area (Å²) in [7, 11) is 0. The molecule has 11 aromatic carbocycles. The van der Waals surface area contributed by atoms with Gasteiger partial charge in [-0.05, 0) is 202 Å². The van der Waals surface area contributed by atoms with E-state index >= 15 is 0 Å². The summed E-state index contributed by atoms with van der Waals surface area (Å²) in [6.45, 7) is 22.1. The maximum absolute atomic E-state index is 5.71. The first kappa shape index (κ1) is 55.0. The second kappa shape index (κ2) is 20.7. The minimum absolute atomic E-state index is 0.875. The molecule has 0 fully saturated rings. The number of benzene rings is 11. The molecule has 442 valence electrons. The zero-order valence-electron chi connectivity index (χ0n) is 53.6. The first-order valence-corrected chi connectivity index (χ1v) is 32.1. The molecule has 6 nitrogen and oxygen atoms in total. The van der Waals surface area contributed by atoms with Crippen molar-refractivity contribution in [2.75, 3.05) is 0 Å². The van der Waals surface area contributed by atoms with Crippen molar-refractivity contribution < 1.29 is 0 Å². The van der Waals surface area contributed by atoms with Crippen molar-refractivity contribution in [3.05, 3.63) is 286 Å². The van der Waals surface area contributed by atoms with Crippen LogP contribution in [0.1, 0.15) is 55.9 Å². The van der Waals surface area contributed by atoms with Crippen LogP contribution in [0.3, 0.4) is 0 Å². The smallest absolute Gasteiger partial charge is 0.0961 e. The normalized spacial score (nSPS) is 12.0. The highest BCUT2D eigenvalue weighted by Gasteiger charge is 2.36. The van der Waals surface area contributed by atoms with Crippen LogP contribution in [0.2, 0.25) is 0 Å². The number of hydrogen-bond donors (Lipinski definition) is 0. The zero-order chi connectivity index (χ0) is 62.5. The summed E-state index contributed by atoms with van der Waals surface area (Å²) in [4.78, 5) is 10.9. The largest absolute Gasteiger partial charge is 0.308 e. The quantitative estimate of drug-likeness (QED) is 0.152. The Hall–Kier alpha value is -11.1. The minimum Gasteiger partial charge on any atom is -0.308 e. The zero-order valence-corrected chi connectivity index (χ0v) is 53.6. The van der Waals surface area contributed by atoms with Crippen LogP contribution >= 0.6 is 0 Å². The van der Waals surface area contributed by atoms with Gasteiger partial charge in [0.05, 0.1) is 78.3 Å². The Kier molecular flexibility index (Phi) is 12.4. The summed E-state index contributed by atoms with van der Waals surface area (Å²) >= 11 is 0. The van der Waals surface area contributed by atoms with E-state index in [9.17, 15) is 0 Å². The van der Waals surface area contributed by atoms with Gasteiger partial charge >= 0.3 is 0 Å². The predicted octanol–water partition coefficient (Wildman–Crippen LogP) is 22.6. The highest BCUT2D eigenvalue weighted by Crippen LogP contribution is 2.55. The maximum Gasteiger partial charge on any atom is 0.0961 e. The van der Waals surface area contributed by atoms with Crippen molar-refractivity contribution in [3.8, 4) is 67.5 Å². The van der Waals surface area contributed by atoms with Crippen LogP contribution in [0.15, 0.2) is 231 Å². The molecule has 0 atom stereocenters. The third kappa shape index (κ3) is 8.54. The Morgan fingerprint density at radius 3 is 0.717 bits per heavy atom. The van der Waals surface area contributed by atoms with Gasteiger partial charge in [-0.15, -0.1) is 0 Å². The molecule has 0 amide bonds. The van der Waals surface area contributed by atoms with E-state index in [1.807, 2.05) is 0 Å². The molecule has 0 radical (unpaired) electrons. The van der Waals surface area contributed by atoms with E-state index in [1.54, 1.807) is 0 Å². The van der Waals surface area contributed by atoms with Crippen molar-refractivity contribution in [1.29, 1.82) is 0 Å². The fraction of sp³-hybridized carbons (Fsp3) is 0.116. The van der Waals surface area contributed by atoms with E-state index < -0.39 is 0 Å². The molecule has 92 heavy (non-hydrogen) atoms. The number of nitrogens with zero attached hydrogens (tertiary/aromatic N) is 6. The fourth-order valence-electron chi connectivity index (χ4n) is 15.3. The lowest BCUT2D eigenvalue weighted by atomic mass is 9.88. The van der Waals surface area contributed by atoms with Gasteiger partial charge in [-0.25, -0.2) is 4.98 Å². The van der Waals surface area contributed by atoms with Crippen LogP contribution in [0, 0.1) is 69.2 Å². The van der Waals surface area contributed by atoms with Crippen LogP contribution in [0.25, 0.3) is 155 Å². The molecule has 17 rings (SSSR count). The van der Waals surface area contributed by atoms with Crippen LogP contribution < -0.4 is 0 Å². The topological polar surface area (TPSA) is 45.5 Å². The van der Waals surface area contributed by atoms with Crippen LogP contribution in [0.4, 0.5) is 0 Å². The number of rotatable bonds is 8. The van der Waals surface area contributed by atoms with Gasteiger partial charge in [-0.3, -0.25) is 4.98 Å². The summed E-state index contributed by atoms with van der Waals surface area (Å²) < 4.78 is 10.6. The third-order valence-corrected chi connectivity index (χ3v) is 19.2. The van der Waals surface area contributed by atoms with E-state index in [0.717, 1.165) is 123 Å². The molecule has 0 spiro atoms. The molecule has 0 saturated carbocycles. The molecule has 6 aromatic heterocycles. The molecule has 0 N–H and O–H groups in total. The molecular formula is C86H68N6. The summed E-state index contributed by atoms with van der Waals surface area (Å²) in [6, 6.07) is 87.6. The SMILES string of the molecule is Cc1ccc2c(c1)c1cc(C)ccc1n2-c1c(-c2cc(C)nc(C)c2)c(-n2c3ccc(C)cc3c3cc(C)ccc32)c(-n2c3ccc(C)cc3c3cc(C)ccc32)c(-n2c3ccc(C)cc3c3cc(C)ccc32)c1-c1cc(-c2ccccc2)nc(-c2ccccc2)c1. The van der Waals surface area contributed by atoms with Gasteiger partial charge in [0.25, 0.3) is 0 Å². The van der Waals surface area contributed by atoms with E-state index in [0.29, 0.717) is 0 Å². The van der Waals surface area contributed by atoms with Gasteiger partial charge in [0, 0.05) is 76.7 Å². The van der Waals surface area contributed by atoms with Gasteiger partial charge in [-0.1, -0.05) is 154 Å². The lowest BCUT2D eigenvalue weighted by Gasteiger charge is -2.32. The van der Waals surface area contributed by atoms with Crippen molar-refractivity contribution in [1.82, 2.24) is 28.2 Å². The highest BCUT2D eigenvalue weighted by atomic mass is 15.1. The summed E-state index contributed by atoms with van der Waals surface area (Å²) in [5, 5.41) is 9.55. The Balaban J connectivity index is 1.28. The van der Waals surface area contributed by atoms with Gasteiger partial charge in [0.15, 0.2) is 0 Å². The van der Waals surface area contributed by atoms with Crippen LogP contribution in [0.5, 0.6) is 0 Å². The Labute approximate surface area is 535 Å². The second-order valence-electron chi connectivity index (χ2n) is 26.1. The third-order valence-electron chi connectivity index (χ3n) is 19.2. The molecule has 6 heteroatoms. The molecule has 0 aliphatic carbocycles. The Morgan fingerprint density at radius 2 is 0.446 bits per heavy atom. The fourth-order valence-corrected chi connectivity index (χ4v) is 15.3. The van der Waals surface area contributed by atoms with Crippen molar-refractivity contribution in [2.24, 2.45) is 0 Å². The van der Waals surface area contributed by atoms with E-state index in [4.69, 9.17) is 9.97 Å². The monoisotopic (exact) mass is 1180 g/mol. The van der Waals surface area contributed by atoms with Gasteiger partial charge in [0.2, 0.25) is 0 Å². The minimum atomic E-state index is 0.875.